The zero-order valence-electron chi connectivity index (χ0n) is 23.9. The fraction of sp³-hybridized carbons (Fsp3) is 0.195. The van der Waals surface area contributed by atoms with Gasteiger partial charge in [-0.25, -0.2) is 0 Å². The Morgan fingerprint density at radius 3 is 2.17 bits per heavy atom. The summed E-state index contributed by atoms with van der Waals surface area (Å²) in [5, 5.41) is 5.54. The first-order chi connectivity index (χ1) is 20.8. The molecule has 204 valence electrons. The summed E-state index contributed by atoms with van der Waals surface area (Å²) >= 11 is 0. The van der Waals surface area contributed by atoms with Gasteiger partial charge in [-0.3, -0.25) is 4.98 Å². The summed E-state index contributed by atoms with van der Waals surface area (Å²) in [4.78, 5) is 4.32. The van der Waals surface area contributed by atoms with E-state index in [0.717, 1.165) is 12.0 Å². The monoisotopic (exact) mass is 541 g/mol. The Morgan fingerprint density at radius 2 is 1.43 bits per heavy atom. The Labute approximate surface area is 248 Å². The average Bonchev–Trinajstić information content (AvgIpc) is 3.07. The molecule has 8 rings (SSSR count). The second-order valence-electron chi connectivity index (χ2n) is 12.2. The summed E-state index contributed by atoms with van der Waals surface area (Å²) in [7, 11) is 0. The molecular weight excluding hydrogens is 506 g/mol. The zero-order chi connectivity index (χ0) is 27.9. The van der Waals surface area contributed by atoms with E-state index in [1.165, 1.54) is 68.6 Å². The summed E-state index contributed by atoms with van der Waals surface area (Å²) in [6.07, 6.45) is 25.7. The smallest absolute Gasteiger partial charge is 0.0346 e. The van der Waals surface area contributed by atoms with E-state index in [2.05, 4.69) is 126 Å². The molecule has 3 aliphatic rings. The summed E-state index contributed by atoms with van der Waals surface area (Å²) in [6.45, 7) is 0. The van der Waals surface area contributed by atoms with E-state index in [9.17, 15) is 0 Å². The molecule has 5 aromatic rings. The molecular formula is C41H35N. The third kappa shape index (κ3) is 4.45. The molecule has 0 fully saturated rings. The summed E-state index contributed by atoms with van der Waals surface area (Å²) in [5.41, 5.74) is 7.96. The van der Waals surface area contributed by atoms with Gasteiger partial charge in [-0.2, -0.15) is 0 Å². The topological polar surface area (TPSA) is 12.9 Å². The molecule has 0 aliphatic heterocycles. The predicted octanol–water partition coefficient (Wildman–Crippen LogP) is 10.8. The van der Waals surface area contributed by atoms with Crippen molar-refractivity contribution in [3.05, 3.63) is 157 Å². The summed E-state index contributed by atoms with van der Waals surface area (Å²) in [5.74, 6) is 2.17. The predicted molar refractivity (Wildman–Crippen MR) is 177 cm³/mol. The number of rotatable bonds is 4. The quantitative estimate of drug-likeness (QED) is 0.163. The van der Waals surface area contributed by atoms with Crippen LogP contribution in [-0.4, -0.2) is 4.98 Å². The van der Waals surface area contributed by atoms with Crippen LogP contribution in [0, 0.1) is 11.8 Å². The Bertz CT molecular complexity index is 1850. The van der Waals surface area contributed by atoms with Crippen LogP contribution in [0.5, 0.6) is 0 Å². The van der Waals surface area contributed by atoms with Crippen molar-refractivity contribution in [2.45, 2.75) is 37.5 Å². The molecule has 42 heavy (non-hydrogen) atoms. The lowest BCUT2D eigenvalue weighted by molar-refractivity contribution is 0.374. The molecule has 1 heteroatoms. The van der Waals surface area contributed by atoms with E-state index in [-0.39, 0.29) is 0 Å². The van der Waals surface area contributed by atoms with Crippen molar-refractivity contribution in [3.63, 3.8) is 0 Å². The van der Waals surface area contributed by atoms with Gasteiger partial charge >= 0.3 is 0 Å². The largest absolute Gasteiger partial charge is 0.264 e. The third-order valence-corrected chi connectivity index (χ3v) is 9.76. The molecule has 1 nitrogen and oxygen atoms in total. The first-order valence-corrected chi connectivity index (χ1v) is 15.5. The van der Waals surface area contributed by atoms with Crippen molar-refractivity contribution in [2.24, 2.45) is 11.8 Å². The van der Waals surface area contributed by atoms with Crippen LogP contribution in [0.15, 0.2) is 140 Å². The SMILES string of the molecule is C1=CC2CC(c3c4ccccc4c(C4=CCC(c5cccc(-c6cccnc6)c5)C=C4)c4ccccc34)C=CC2CC1. The second-order valence-corrected chi connectivity index (χ2v) is 12.2. The molecule has 4 aromatic carbocycles. The molecule has 0 bridgehead atoms. The number of pyridine rings is 1. The fourth-order valence-electron chi connectivity index (χ4n) is 7.68. The highest BCUT2D eigenvalue weighted by atomic mass is 14.6. The van der Waals surface area contributed by atoms with Gasteiger partial charge in [-0.1, -0.05) is 121 Å². The Balaban J connectivity index is 1.19. The lowest BCUT2D eigenvalue weighted by Crippen LogP contribution is -2.20. The number of hydrogen-bond donors (Lipinski definition) is 0. The third-order valence-electron chi connectivity index (χ3n) is 9.76. The van der Waals surface area contributed by atoms with Gasteiger partial charge in [0.05, 0.1) is 0 Å². The van der Waals surface area contributed by atoms with Crippen LogP contribution in [0.2, 0.25) is 0 Å². The van der Waals surface area contributed by atoms with E-state index in [4.69, 9.17) is 0 Å². The fourth-order valence-corrected chi connectivity index (χ4v) is 7.68. The minimum Gasteiger partial charge on any atom is -0.264 e. The highest BCUT2D eigenvalue weighted by molar-refractivity contribution is 6.13. The van der Waals surface area contributed by atoms with Gasteiger partial charge in [0.25, 0.3) is 0 Å². The lowest BCUT2D eigenvalue weighted by Gasteiger charge is -2.33. The van der Waals surface area contributed by atoms with E-state index >= 15 is 0 Å². The van der Waals surface area contributed by atoms with E-state index < -0.39 is 0 Å². The van der Waals surface area contributed by atoms with E-state index in [0.29, 0.717) is 23.7 Å². The number of nitrogens with zero attached hydrogens (tertiary/aromatic N) is 1. The van der Waals surface area contributed by atoms with Gasteiger partial charge in [0.1, 0.15) is 0 Å². The van der Waals surface area contributed by atoms with Crippen molar-refractivity contribution in [3.8, 4) is 11.1 Å². The number of allylic oxidation sites excluding steroid dienone is 8. The maximum absolute atomic E-state index is 4.32. The van der Waals surface area contributed by atoms with E-state index in [1.54, 1.807) is 0 Å². The summed E-state index contributed by atoms with van der Waals surface area (Å²) in [6, 6.07) is 31.3. The van der Waals surface area contributed by atoms with Crippen LogP contribution in [0.4, 0.5) is 0 Å². The molecule has 0 saturated heterocycles. The standard InChI is InChI=1S/C41H35N/c1-2-10-31-26-34(23-20-28(31)9-1)41-38-16-5-3-14-36(38)40(37-15-4-6-17-39(37)41)30-21-18-29(19-22-30)32-11-7-12-33(25-32)35-13-8-24-42-27-35/h2-8,10-18,20-25,27-29,31,34H,1,9,19,26H2. The molecule has 0 spiro atoms. The summed E-state index contributed by atoms with van der Waals surface area (Å²) < 4.78 is 0. The minimum absolute atomic E-state index is 0.367. The molecule has 0 amide bonds. The van der Waals surface area contributed by atoms with Crippen LogP contribution < -0.4 is 0 Å². The lowest BCUT2D eigenvalue weighted by atomic mass is 9.71. The molecule has 0 radical (unpaired) electrons. The van der Waals surface area contributed by atoms with Crippen LogP contribution >= 0.6 is 0 Å². The van der Waals surface area contributed by atoms with Crippen LogP contribution in [0.3, 0.4) is 0 Å². The van der Waals surface area contributed by atoms with Gasteiger partial charge < -0.3 is 0 Å². The van der Waals surface area contributed by atoms with Crippen molar-refractivity contribution >= 4 is 27.1 Å². The van der Waals surface area contributed by atoms with Gasteiger partial charge in [0, 0.05) is 24.2 Å². The maximum Gasteiger partial charge on any atom is 0.0346 e. The molecule has 1 heterocycles. The molecule has 0 saturated carbocycles. The van der Waals surface area contributed by atoms with Gasteiger partial charge in [-0.05, 0) is 98.5 Å². The number of fused-ring (bicyclic) bond motifs is 3. The second kappa shape index (κ2) is 10.7. The van der Waals surface area contributed by atoms with Crippen LogP contribution in [-0.2, 0) is 0 Å². The van der Waals surface area contributed by atoms with Crippen LogP contribution in [0.1, 0.15) is 54.2 Å². The van der Waals surface area contributed by atoms with Gasteiger partial charge in [0.15, 0.2) is 0 Å². The van der Waals surface area contributed by atoms with Crippen LogP contribution in [0.25, 0.3) is 38.2 Å². The minimum atomic E-state index is 0.367. The Morgan fingerprint density at radius 1 is 0.643 bits per heavy atom. The van der Waals surface area contributed by atoms with Crippen molar-refractivity contribution in [1.29, 1.82) is 0 Å². The molecule has 3 aliphatic carbocycles. The normalized spacial score (nSPS) is 23.2. The Hall–Kier alpha value is -4.49. The number of benzene rings is 4. The highest BCUT2D eigenvalue weighted by Crippen LogP contribution is 2.47. The van der Waals surface area contributed by atoms with Crippen molar-refractivity contribution < 1.29 is 0 Å². The van der Waals surface area contributed by atoms with Crippen molar-refractivity contribution in [2.75, 3.05) is 0 Å². The molecule has 0 N–H and O–H groups in total. The number of hydrogen-bond acceptors (Lipinski definition) is 1. The van der Waals surface area contributed by atoms with Gasteiger partial charge in [-0.15, -0.1) is 0 Å². The van der Waals surface area contributed by atoms with E-state index in [1.807, 2.05) is 18.5 Å². The maximum atomic E-state index is 4.32. The van der Waals surface area contributed by atoms with Gasteiger partial charge in [0.2, 0.25) is 0 Å². The first kappa shape index (κ1) is 25.2. The number of aromatic nitrogens is 1. The average molecular weight is 542 g/mol. The Kier molecular flexibility index (Phi) is 6.45. The zero-order valence-corrected chi connectivity index (χ0v) is 23.9. The first-order valence-electron chi connectivity index (χ1n) is 15.5. The highest BCUT2D eigenvalue weighted by Gasteiger charge is 2.29. The molecule has 4 atom stereocenters. The van der Waals surface area contributed by atoms with Crippen molar-refractivity contribution in [1.82, 2.24) is 4.98 Å². The molecule has 1 aromatic heterocycles. The molecule has 4 unspecified atom stereocenters.